The molecular formula is C15H25NO2. The van der Waals surface area contributed by atoms with Crippen molar-refractivity contribution in [3.05, 3.63) is 29.8 Å². The van der Waals surface area contributed by atoms with E-state index in [9.17, 15) is 0 Å². The van der Waals surface area contributed by atoms with Gasteiger partial charge in [0.05, 0.1) is 6.61 Å². The Hall–Kier alpha value is -1.06. The summed E-state index contributed by atoms with van der Waals surface area (Å²) < 4.78 is 10.7. The molecule has 102 valence electrons. The van der Waals surface area contributed by atoms with E-state index >= 15 is 0 Å². The predicted molar refractivity (Wildman–Crippen MR) is 75.0 cm³/mol. The fourth-order valence-corrected chi connectivity index (χ4v) is 1.61. The van der Waals surface area contributed by atoms with Crippen LogP contribution in [-0.2, 0) is 11.3 Å². The Balaban J connectivity index is 2.30. The average Bonchev–Trinajstić information content (AvgIpc) is 2.37. The average molecular weight is 251 g/mol. The summed E-state index contributed by atoms with van der Waals surface area (Å²) in [5.74, 6) is 0.954. The highest BCUT2D eigenvalue weighted by Gasteiger charge is 1.98. The molecule has 0 radical (unpaired) electrons. The Kier molecular flexibility index (Phi) is 7.46. The van der Waals surface area contributed by atoms with Crippen LogP contribution in [0.25, 0.3) is 0 Å². The zero-order chi connectivity index (χ0) is 13.2. The minimum absolute atomic E-state index is 0.503. The highest BCUT2D eigenvalue weighted by atomic mass is 16.5. The van der Waals surface area contributed by atoms with Gasteiger partial charge < -0.3 is 14.8 Å². The van der Waals surface area contributed by atoms with Gasteiger partial charge in [-0.05, 0) is 30.5 Å². The highest BCUT2D eigenvalue weighted by molar-refractivity contribution is 5.28. The molecule has 1 aromatic rings. The summed E-state index contributed by atoms with van der Waals surface area (Å²) in [4.78, 5) is 0. The van der Waals surface area contributed by atoms with Crippen LogP contribution in [-0.4, -0.2) is 26.4 Å². The number of ether oxygens (including phenoxy) is 2. The molecule has 0 saturated heterocycles. The molecule has 0 bridgehead atoms. The van der Waals surface area contributed by atoms with Gasteiger partial charge in [0, 0.05) is 26.3 Å². The van der Waals surface area contributed by atoms with Crippen LogP contribution in [0.4, 0.5) is 0 Å². The minimum Gasteiger partial charge on any atom is -0.494 e. The number of hydrogen-bond acceptors (Lipinski definition) is 3. The number of rotatable bonds is 9. The summed E-state index contributed by atoms with van der Waals surface area (Å²) in [6, 6.07) is 8.78. The first-order valence-electron chi connectivity index (χ1n) is 6.66. The lowest BCUT2D eigenvalue weighted by molar-refractivity contribution is 0.184. The molecule has 3 nitrogen and oxygen atoms in total. The number of unbranched alkanes of at least 4 members (excludes halogenated alkanes) is 1. The molecule has 0 amide bonds. The number of hydrogen-bond donors (Lipinski definition) is 1. The maximum absolute atomic E-state index is 5.72. The van der Waals surface area contributed by atoms with Crippen LogP contribution in [0.15, 0.2) is 24.3 Å². The van der Waals surface area contributed by atoms with Gasteiger partial charge in [0.1, 0.15) is 5.75 Å². The monoisotopic (exact) mass is 251 g/mol. The molecule has 0 spiro atoms. The van der Waals surface area contributed by atoms with Gasteiger partial charge in [-0.3, -0.25) is 0 Å². The Labute approximate surface area is 110 Å². The van der Waals surface area contributed by atoms with E-state index in [1.807, 2.05) is 12.1 Å². The quantitative estimate of drug-likeness (QED) is 0.684. The molecule has 0 fully saturated rings. The normalized spacial score (nSPS) is 10.9. The van der Waals surface area contributed by atoms with Crippen LogP contribution in [0, 0.1) is 0 Å². The smallest absolute Gasteiger partial charge is 0.119 e. The predicted octanol–water partition coefficient (Wildman–Crippen LogP) is 2.99. The number of benzene rings is 1. The van der Waals surface area contributed by atoms with Gasteiger partial charge in [-0.1, -0.05) is 26.0 Å². The van der Waals surface area contributed by atoms with Crippen molar-refractivity contribution in [1.29, 1.82) is 0 Å². The van der Waals surface area contributed by atoms with Crippen molar-refractivity contribution >= 4 is 0 Å². The van der Waals surface area contributed by atoms with E-state index in [4.69, 9.17) is 9.47 Å². The molecule has 18 heavy (non-hydrogen) atoms. The van der Waals surface area contributed by atoms with E-state index in [0.717, 1.165) is 38.3 Å². The third-order valence-electron chi connectivity index (χ3n) is 2.62. The third-order valence-corrected chi connectivity index (χ3v) is 2.62. The van der Waals surface area contributed by atoms with Gasteiger partial charge in [-0.25, -0.2) is 0 Å². The summed E-state index contributed by atoms with van der Waals surface area (Å²) >= 11 is 0. The molecule has 0 aliphatic rings. The fourth-order valence-electron chi connectivity index (χ4n) is 1.61. The Morgan fingerprint density at radius 2 is 1.94 bits per heavy atom. The second kappa shape index (κ2) is 8.95. The van der Waals surface area contributed by atoms with Crippen LogP contribution in [0.1, 0.15) is 32.3 Å². The third kappa shape index (κ3) is 6.62. The van der Waals surface area contributed by atoms with Crippen molar-refractivity contribution < 1.29 is 9.47 Å². The van der Waals surface area contributed by atoms with E-state index in [2.05, 4.69) is 31.3 Å². The maximum atomic E-state index is 5.72. The summed E-state index contributed by atoms with van der Waals surface area (Å²) in [5.41, 5.74) is 1.26. The lowest BCUT2D eigenvalue weighted by Gasteiger charge is -2.10. The molecule has 0 aromatic heterocycles. The lowest BCUT2D eigenvalue weighted by Crippen LogP contribution is -2.21. The highest BCUT2D eigenvalue weighted by Crippen LogP contribution is 2.13. The van der Waals surface area contributed by atoms with Crippen molar-refractivity contribution in [2.24, 2.45) is 0 Å². The zero-order valence-corrected chi connectivity index (χ0v) is 11.7. The van der Waals surface area contributed by atoms with Gasteiger partial charge in [0.25, 0.3) is 0 Å². The van der Waals surface area contributed by atoms with E-state index < -0.39 is 0 Å². The van der Waals surface area contributed by atoms with E-state index in [1.165, 1.54) is 5.56 Å². The van der Waals surface area contributed by atoms with E-state index in [0.29, 0.717) is 6.04 Å². The fraction of sp³-hybridized carbons (Fsp3) is 0.600. The standard InChI is InChI=1S/C15H25NO2/c1-13(2)16-12-14-7-6-8-15(11-14)18-10-5-4-9-17-3/h6-8,11,13,16H,4-5,9-10,12H2,1-3H3. The topological polar surface area (TPSA) is 30.5 Å². The van der Waals surface area contributed by atoms with E-state index in [1.54, 1.807) is 7.11 Å². The molecule has 0 saturated carbocycles. The van der Waals surface area contributed by atoms with Gasteiger partial charge in [0.2, 0.25) is 0 Å². The van der Waals surface area contributed by atoms with Crippen LogP contribution in [0.2, 0.25) is 0 Å². The van der Waals surface area contributed by atoms with E-state index in [-0.39, 0.29) is 0 Å². The van der Waals surface area contributed by atoms with Gasteiger partial charge in [0.15, 0.2) is 0 Å². The van der Waals surface area contributed by atoms with Gasteiger partial charge in [-0.15, -0.1) is 0 Å². The molecule has 1 aromatic carbocycles. The summed E-state index contributed by atoms with van der Waals surface area (Å²) in [7, 11) is 1.73. The minimum atomic E-state index is 0.503. The molecule has 1 N–H and O–H groups in total. The summed E-state index contributed by atoms with van der Waals surface area (Å²) in [6.45, 7) is 6.75. The largest absolute Gasteiger partial charge is 0.494 e. The lowest BCUT2D eigenvalue weighted by atomic mass is 10.2. The SMILES string of the molecule is COCCCCOc1cccc(CNC(C)C)c1. The number of nitrogens with one attached hydrogen (secondary N) is 1. The molecule has 0 atom stereocenters. The van der Waals surface area contributed by atoms with Gasteiger partial charge in [-0.2, -0.15) is 0 Å². The summed E-state index contributed by atoms with van der Waals surface area (Å²) in [6.07, 6.45) is 2.08. The summed E-state index contributed by atoms with van der Waals surface area (Å²) in [5, 5.41) is 3.40. The first-order chi connectivity index (χ1) is 8.72. The first-order valence-corrected chi connectivity index (χ1v) is 6.66. The Morgan fingerprint density at radius 1 is 1.17 bits per heavy atom. The van der Waals surface area contributed by atoms with Crippen molar-refractivity contribution in [1.82, 2.24) is 5.32 Å². The van der Waals surface area contributed by atoms with Crippen molar-refractivity contribution in [3.63, 3.8) is 0 Å². The molecule has 0 aliphatic heterocycles. The maximum Gasteiger partial charge on any atom is 0.119 e. The van der Waals surface area contributed by atoms with Gasteiger partial charge >= 0.3 is 0 Å². The van der Waals surface area contributed by atoms with Crippen LogP contribution < -0.4 is 10.1 Å². The zero-order valence-electron chi connectivity index (χ0n) is 11.7. The van der Waals surface area contributed by atoms with Crippen molar-refractivity contribution in [3.8, 4) is 5.75 Å². The molecule has 0 heterocycles. The molecule has 0 aliphatic carbocycles. The van der Waals surface area contributed by atoms with Crippen LogP contribution >= 0.6 is 0 Å². The second-order valence-corrected chi connectivity index (χ2v) is 4.73. The molecule has 1 rings (SSSR count). The molecule has 0 unspecified atom stereocenters. The van der Waals surface area contributed by atoms with Crippen LogP contribution in [0.3, 0.4) is 0 Å². The first kappa shape index (κ1) is 15.0. The van der Waals surface area contributed by atoms with Crippen LogP contribution in [0.5, 0.6) is 5.75 Å². The second-order valence-electron chi connectivity index (χ2n) is 4.73. The molecular weight excluding hydrogens is 226 g/mol. The number of methoxy groups -OCH3 is 1. The van der Waals surface area contributed by atoms with Crippen molar-refractivity contribution in [2.75, 3.05) is 20.3 Å². The Morgan fingerprint density at radius 3 is 2.67 bits per heavy atom. The van der Waals surface area contributed by atoms with Crippen molar-refractivity contribution in [2.45, 2.75) is 39.3 Å². The molecule has 3 heteroatoms. The Bertz CT molecular complexity index is 326.